The van der Waals surface area contributed by atoms with E-state index < -0.39 is 0 Å². The predicted octanol–water partition coefficient (Wildman–Crippen LogP) is 3.88. The van der Waals surface area contributed by atoms with Crippen LogP contribution in [-0.2, 0) is 0 Å². The number of thiocarbonyl (C=S) groups is 1. The van der Waals surface area contributed by atoms with Gasteiger partial charge < -0.3 is 5.32 Å². The van der Waals surface area contributed by atoms with Gasteiger partial charge in [-0.15, -0.1) is 0 Å². The lowest BCUT2D eigenvalue weighted by atomic mass is 9.96. The Bertz CT molecular complexity index is 299. The SMILES string of the molecule is S=C(NN=C1CCCCCCC1)NC1CCCCC1. The molecule has 0 aromatic heterocycles. The van der Waals surface area contributed by atoms with Crippen LogP contribution >= 0.6 is 12.2 Å². The molecule has 0 aromatic rings. The zero-order valence-electron chi connectivity index (χ0n) is 11.9. The molecule has 0 atom stereocenters. The summed E-state index contributed by atoms with van der Waals surface area (Å²) in [6.07, 6.45) is 15.5. The normalized spacial score (nSPS) is 22.2. The van der Waals surface area contributed by atoms with Crippen molar-refractivity contribution in [3.05, 3.63) is 0 Å². The van der Waals surface area contributed by atoms with E-state index >= 15 is 0 Å². The maximum Gasteiger partial charge on any atom is 0.187 e. The van der Waals surface area contributed by atoms with Crippen molar-refractivity contribution in [2.24, 2.45) is 5.10 Å². The van der Waals surface area contributed by atoms with Crippen molar-refractivity contribution in [1.82, 2.24) is 10.7 Å². The standard InChI is InChI=1S/C15H27N3S/c19-15(16-13-9-7-4-8-10-13)18-17-14-11-5-2-1-3-6-12-14/h13H,1-12H2,(H2,16,18,19). The molecule has 4 heteroatoms. The summed E-state index contributed by atoms with van der Waals surface area (Å²) in [7, 11) is 0. The first-order valence-corrected chi connectivity index (χ1v) is 8.37. The van der Waals surface area contributed by atoms with Crippen molar-refractivity contribution in [3.8, 4) is 0 Å². The van der Waals surface area contributed by atoms with Crippen molar-refractivity contribution in [3.63, 3.8) is 0 Å². The molecule has 19 heavy (non-hydrogen) atoms. The lowest BCUT2D eigenvalue weighted by Gasteiger charge is -2.23. The van der Waals surface area contributed by atoms with Crippen molar-refractivity contribution in [2.45, 2.75) is 83.1 Å². The van der Waals surface area contributed by atoms with Gasteiger partial charge in [-0.1, -0.05) is 38.5 Å². The number of hydrazone groups is 1. The summed E-state index contributed by atoms with van der Waals surface area (Å²) in [4.78, 5) is 0. The smallest absolute Gasteiger partial charge is 0.187 e. The average Bonchev–Trinajstić information content (AvgIpc) is 2.38. The van der Waals surface area contributed by atoms with Crippen molar-refractivity contribution < 1.29 is 0 Å². The number of rotatable bonds is 2. The van der Waals surface area contributed by atoms with Crippen LogP contribution < -0.4 is 10.7 Å². The van der Waals surface area contributed by atoms with Gasteiger partial charge in [-0.2, -0.15) is 5.10 Å². The summed E-state index contributed by atoms with van der Waals surface area (Å²) in [6.45, 7) is 0. The molecule has 0 aromatic carbocycles. The topological polar surface area (TPSA) is 36.4 Å². The van der Waals surface area contributed by atoms with Crippen LogP contribution in [0.1, 0.15) is 77.0 Å². The lowest BCUT2D eigenvalue weighted by Crippen LogP contribution is -2.41. The first-order valence-electron chi connectivity index (χ1n) is 7.96. The van der Waals surface area contributed by atoms with Gasteiger partial charge in [0.1, 0.15) is 0 Å². The second-order valence-electron chi connectivity index (χ2n) is 5.87. The van der Waals surface area contributed by atoms with Crippen LogP contribution in [0, 0.1) is 0 Å². The van der Waals surface area contributed by atoms with E-state index in [4.69, 9.17) is 12.2 Å². The van der Waals surface area contributed by atoms with E-state index in [1.165, 1.54) is 69.9 Å². The van der Waals surface area contributed by atoms with E-state index in [1.54, 1.807) is 0 Å². The third-order valence-corrected chi connectivity index (χ3v) is 4.40. The molecular formula is C15H27N3S. The summed E-state index contributed by atoms with van der Waals surface area (Å²) in [5.74, 6) is 0. The molecule has 2 rings (SSSR count). The van der Waals surface area contributed by atoms with Gasteiger partial charge in [0.2, 0.25) is 0 Å². The van der Waals surface area contributed by atoms with Gasteiger partial charge in [0.05, 0.1) is 0 Å². The van der Waals surface area contributed by atoms with Gasteiger partial charge in [0.25, 0.3) is 0 Å². The Morgan fingerprint density at radius 3 is 2.16 bits per heavy atom. The molecule has 2 N–H and O–H groups in total. The fourth-order valence-corrected chi connectivity index (χ4v) is 3.23. The summed E-state index contributed by atoms with van der Waals surface area (Å²) < 4.78 is 0. The highest BCUT2D eigenvalue weighted by atomic mass is 32.1. The Hall–Kier alpha value is -0.640. The maximum atomic E-state index is 5.33. The van der Waals surface area contributed by atoms with Crippen LogP contribution in [0.3, 0.4) is 0 Å². The molecule has 2 saturated carbocycles. The first-order chi connectivity index (χ1) is 9.34. The van der Waals surface area contributed by atoms with E-state index in [2.05, 4.69) is 15.8 Å². The minimum atomic E-state index is 0.561. The Morgan fingerprint density at radius 1 is 0.895 bits per heavy atom. The van der Waals surface area contributed by atoms with Gasteiger partial charge >= 0.3 is 0 Å². The second-order valence-corrected chi connectivity index (χ2v) is 6.27. The molecule has 0 saturated heterocycles. The Morgan fingerprint density at radius 2 is 1.47 bits per heavy atom. The molecule has 0 unspecified atom stereocenters. The van der Waals surface area contributed by atoms with Crippen molar-refractivity contribution in [2.75, 3.05) is 0 Å². The van der Waals surface area contributed by atoms with E-state index in [9.17, 15) is 0 Å². The molecule has 108 valence electrons. The van der Waals surface area contributed by atoms with Crippen LogP contribution in [0.15, 0.2) is 5.10 Å². The van der Waals surface area contributed by atoms with Crippen LogP contribution in [0.2, 0.25) is 0 Å². The largest absolute Gasteiger partial charge is 0.359 e. The van der Waals surface area contributed by atoms with Crippen LogP contribution in [0.25, 0.3) is 0 Å². The summed E-state index contributed by atoms with van der Waals surface area (Å²) in [5.41, 5.74) is 4.35. The summed E-state index contributed by atoms with van der Waals surface area (Å²) >= 11 is 5.33. The molecule has 2 aliphatic rings. The number of hydrogen-bond acceptors (Lipinski definition) is 2. The first kappa shape index (κ1) is 14.8. The third-order valence-electron chi connectivity index (χ3n) is 4.19. The van der Waals surface area contributed by atoms with Gasteiger partial charge in [-0.25, -0.2) is 0 Å². The van der Waals surface area contributed by atoms with Gasteiger partial charge in [0, 0.05) is 11.8 Å². The van der Waals surface area contributed by atoms with Crippen molar-refractivity contribution >= 4 is 23.0 Å². The quantitative estimate of drug-likeness (QED) is 0.595. The second kappa shape index (κ2) is 8.51. The van der Waals surface area contributed by atoms with E-state index in [0.717, 1.165) is 12.8 Å². The highest BCUT2D eigenvalue weighted by Gasteiger charge is 2.13. The Kier molecular flexibility index (Phi) is 6.62. The Balaban J connectivity index is 1.71. The predicted molar refractivity (Wildman–Crippen MR) is 85.5 cm³/mol. The Labute approximate surface area is 122 Å². The number of nitrogens with zero attached hydrogens (tertiary/aromatic N) is 1. The number of nitrogens with one attached hydrogen (secondary N) is 2. The van der Waals surface area contributed by atoms with E-state index in [0.29, 0.717) is 11.2 Å². The fourth-order valence-electron chi connectivity index (χ4n) is 3.02. The summed E-state index contributed by atoms with van der Waals surface area (Å²) in [6, 6.07) is 0.561. The molecule has 0 amide bonds. The van der Waals surface area contributed by atoms with Crippen LogP contribution in [0.5, 0.6) is 0 Å². The third kappa shape index (κ3) is 5.89. The van der Waals surface area contributed by atoms with Crippen LogP contribution in [-0.4, -0.2) is 16.9 Å². The average molecular weight is 281 g/mol. The molecule has 2 fully saturated rings. The maximum absolute atomic E-state index is 5.33. The zero-order valence-corrected chi connectivity index (χ0v) is 12.7. The zero-order chi connectivity index (χ0) is 13.3. The van der Waals surface area contributed by atoms with Crippen molar-refractivity contribution in [1.29, 1.82) is 0 Å². The monoisotopic (exact) mass is 281 g/mol. The highest BCUT2D eigenvalue weighted by molar-refractivity contribution is 7.80. The molecular weight excluding hydrogens is 254 g/mol. The molecule has 0 spiro atoms. The summed E-state index contributed by atoms with van der Waals surface area (Å²) in [5, 5.41) is 8.62. The number of hydrogen-bond donors (Lipinski definition) is 2. The lowest BCUT2D eigenvalue weighted by molar-refractivity contribution is 0.412. The fraction of sp³-hybridized carbons (Fsp3) is 0.867. The van der Waals surface area contributed by atoms with E-state index in [1.807, 2.05) is 0 Å². The molecule has 0 aliphatic heterocycles. The minimum absolute atomic E-state index is 0.561. The van der Waals surface area contributed by atoms with Gasteiger partial charge in [-0.3, -0.25) is 5.43 Å². The van der Waals surface area contributed by atoms with Crippen LogP contribution in [0.4, 0.5) is 0 Å². The molecule has 2 aliphatic carbocycles. The molecule has 0 radical (unpaired) electrons. The molecule has 3 nitrogen and oxygen atoms in total. The van der Waals surface area contributed by atoms with Gasteiger partial charge in [-0.05, 0) is 50.7 Å². The molecule has 0 bridgehead atoms. The highest BCUT2D eigenvalue weighted by Crippen LogP contribution is 2.17. The van der Waals surface area contributed by atoms with E-state index in [-0.39, 0.29) is 0 Å². The minimum Gasteiger partial charge on any atom is -0.359 e. The molecule has 0 heterocycles. The van der Waals surface area contributed by atoms with Gasteiger partial charge in [0.15, 0.2) is 5.11 Å².